The number of rotatable bonds is 4. The van der Waals surface area contributed by atoms with Gasteiger partial charge in [0.15, 0.2) is 0 Å². The first-order valence-corrected chi connectivity index (χ1v) is 6.67. The van der Waals surface area contributed by atoms with Gasteiger partial charge in [-0.1, -0.05) is 17.7 Å². The van der Waals surface area contributed by atoms with Gasteiger partial charge in [-0.3, -0.25) is 0 Å². The van der Waals surface area contributed by atoms with Crippen LogP contribution >= 0.6 is 11.3 Å². The van der Waals surface area contributed by atoms with E-state index in [1.54, 1.807) is 11.3 Å². The Morgan fingerprint density at radius 2 is 2.18 bits per heavy atom. The lowest BCUT2D eigenvalue weighted by molar-refractivity contribution is 0.335. The minimum Gasteiger partial charge on any atom is -0.494 e. The maximum absolute atomic E-state index is 6.29. The van der Waals surface area contributed by atoms with Gasteiger partial charge in [0.25, 0.3) is 0 Å². The number of hydrogen-bond acceptors (Lipinski definition) is 3. The summed E-state index contributed by atoms with van der Waals surface area (Å²) in [7, 11) is 0. The molecule has 1 unspecified atom stereocenters. The molecule has 0 bridgehead atoms. The maximum Gasteiger partial charge on any atom is 0.124 e. The summed E-state index contributed by atoms with van der Waals surface area (Å²) in [6.45, 7) is 4.71. The van der Waals surface area contributed by atoms with Gasteiger partial charge in [-0.15, -0.1) is 0 Å². The second-order valence-electron chi connectivity index (χ2n) is 4.01. The largest absolute Gasteiger partial charge is 0.494 e. The highest BCUT2D eigenvalue weighted by molar-refractivity contribution is 7.08. The predicted molar refractivity (Wildman–Crippen MR) is 72.7 cm³/mol. The zero-order valence-corrected chi connectivity index (χ0v) is 11.0. The summed E-state index contributed by atoms with van der Waals surface area (Å²) in [6.07, 6.45) is 0. The molecule has 2 N–H and O–H groups in total. The van der Waals surface area contributed by atoms with E-state index in [9.17, 15) is 0 Å². The monoisotopic (exact) mass is 247 g/mol. The molecule has 0 amide bonds. The molecule has 1 heterocycles. The molecule has 2 rings (SSSR count). The van der Waals surface area contributed by atoms with Crippen molar-refractivity contribution >= 4 is 11.3 Å². The molecule has 0 saturated carbocycles. The van der Waals surface area contributed by atoms with Gasteiger partial charge >= 0.3 is 0 Å². The van der Waals surface area contributed by atoms with Crippen molar-refractivity contribution in [2.45, 2.75) is 19.9 Å². The van der Waals surface area contributed by atoms with Crippen LogP contribution in [0.4, 0.5) is 0 Å². The summed E-state index contributed by atoms with van der Waals surface area (Å²) in [5.74, 6) is 0.886. The zero-order valence-electron chi connectivity index (χ0n) is 10.1. The molecule has 3 heteroatoms. The van der Waals surface area contributed by atoms with E-state index in [4.69, 9.17) is 10.5 Å². The lowest BCUT2D eigenvalue weighted by atomic mass is 9.99. The molecule has 0 radical (unpaired) electrons. The van der Waals surface area contributed by atoms with Gasteiger partial charge < -0.3 is 10.5 Å². The highest BCUT2D eigenvalue weighted by Crippen LogP contribution is 2.30. The van der Waals surface area contributed by atoms with E-state index in [0.717, 1.165) is 16.9 Å². The van der Waals surface area contributed by atoms with E-state index in [0.29, 0.717) is 6.61 Å². The first-order valence-electron chi connectivity index (χ1n) is 5.73. The van der Waals surface area contributed by atoms with Crippen molar-refractivity contribution in [1.29, 1.82) is 0 Å². The zero-order chi connectivity index (χ0) is 12.3. The number of hydrogen-bond donors (Lipinski definition) is 1. The first-order chi connectivity index (χ1) is 8.22. The molecule has 1 aromatic carbocycles. The number of nitrogens with two attached hydrogens (primary N) is 1. The highest BCUT2D eigenvalue weighted by Gasteiger charge is 2.14. The van der Waals surface area contributed by atoms with Crippen LogP contribution in [-0.4, -0.2) is 6.61 Å². The van der Waals surface area contributed by atoms with Gasteiger partial charge in [0.05, 0.1) is 12.6 Å². The van der Waals surface area contributed by atoms with Crippen molar-refractivity contribution < 1.29 is 4.74 Å². The summed E-state index contributed by atoms with van der Waals surface area (Å²) in [6, 6.07) is 8.11. The quantitative estimate of drug-likeness (QED) is 0.897. The Bertz CT molecular complexity index is 479. The topological polar surface area (TPSA) is 35.2 Å². The van der Waals surface area contributed by atoms with Crippen molar-refractivity contribution in [1.82, 2.24) is 0 Å². The Morgan fingerprint density at radius 3 is 2.82 bits per heavy atom. The van der Waals surface area contributed by atoms with Gasteiger partial charge in [-0.25, -0.2) is 0 Å². The van der Waals surface area contributed by atoms with Crippen LogP contribution < -0.4 is 10.5 Å². The molecule has 0 aliphatic rings. The Labute approximate surface area is 106 Å². The molecule has 0 aliphatic heterocycles. The summed E-state index contributed by atoms with van der Waals surface area (Å²) < 4.78 is 5.63. The highest BCUT2D eigenvalue weighted by atomic mass is 32.1. The lowest BCUT2D eigenvalue weighted by Gasteiger charge is -2.16. The van der Waals surface area contributed by atoms with Crippen LogP contribution in [0.15, 0.2) is 35.0 Å². The van der Waals surface area contributed by atoms with E-state index in [1.165, 1.54) is 5.56 Å². The molecule has 1 atom stereocenters. The van der Waals surface area contributed by atoms with Crippen molar-refractivity contribution in [3.05, 3.63) is 51.7 Å². The number of benzene rings is 1. The van der Waals surface area contributed by atoms with Gasteiger partial charge in [0.2, 0.25) is 0 Å². The van der Waals surface area contributed by atoms with Crippen molar-refractivity contribution in [2.24, 2.45) is 5.73 Å². The SMILES string of the molecule is CCOc1ccc(C)cc1C(N)c1ccsc1. The summed E-state index contributed by atoms with van der Waals surface area (Å²) in [4.78, 5) is 0. The molecule has 1 aromatic heterocycles. The van der Waals surface area contributed by atoms with Gasteiger partial charge in [0, 0.05) is 5.56 Å². The van der Waals surface area contributed by atoms with Crippen molar-refractivity contribution in [3.63, 3.8) is 0 Å². The average Bonchev–Trinajstić information content (AvgIpc) is 2.84. The Hall–Kier alpha value is -1.32. The molecule has 0 fully saturated rings. The van der Waals surface area contributed by atoms with Crippen LogP contribution in [0.3, 0.4) is 0 Å². The maximum atomic E-state index is 6.29. The summed E-state index contributed by atoms with van der Waals surface area (Å²) >= 11 is 1.67. The second kappa shape index (κ2) is 5.34. The Morgan fingerprint density at radius 1 is 1.35 bits per heavy atom. The lowest BCUT2D eigenvalue weighted by Crippen LogP contribution is -2.13. The molecule has 90 valence electrons. The average molecular weight is 247 g/mol. The molecular weight excluding hydrogens is 230 g/mol. The third-order valence-corrected chi connectivity index (χ3v) is 3.40. The minimum atomic E-state index is -0.109. The Balaban J connectivity index is 2.38. The molecular formula is C14H17NOS. The predicted octanol–water partition coefficient (Wildman–Crippen LogP) is 3.50. The van der Waals surface area contributed by atoms with Crippen LogP contribution in [0.1, 0.15) is 29.7 Å². The molecule has 2 aromatic rings. The summed E-state index contributed by atoms with van der Waals surface area (Å²) in [5.41, 5.74) is 9.69. The van der Waals surface area contributed by atoms with Crippen LogP contribution in [0.5, 0.6) is 5.75 Å². The van der Waals surface area contributed by atoms with Crippen LogP contribution in [-0.2, 0) is 0 Å². The van der Waals surface area contributed by atoms with E-state index in [2.05, 4.69) is 30.5 Å². The first kappa shape index (κ1) is 12.1. The smallest absolute Gasteiger partial charge is 0.124 e. The van der Waals surface area contributed by atoms with Crippen LogP contribution in [0.25, 0.3) is 0 Å². The Kier molecular flexibility index (Phi) is 3.82. The molecule has 0 saturated heterocycles. The standard InChI is InChI=1S/C14H17NOS/c1-3-16-13-5-4-10(2)8-12(13)14(15)11-6-7-17-9-11/h4-9,14H,3,15H2,1-2H3. The molecule has 17 heavy (non-hydrogen) atoms. The third kappa shape index (κ3) is 2.68. The molecule has 2 nitrogen and oxygen atoms in total. The van der Waals surface area contributed by atoms with Crippen molar-refractivity contribution in [2.75, 3.05) is 6.61 Å². The normalized spacial score (nSPS) is 12.4. The van der Waals surface area contributed by atoms with Gasteiger partial charge in [0.1, 0.15) is 5.75 Å². The number of thiophene rings is 1. The fourth-order valence-electron chi connectivity index (χ4n) is 1.83. The summed E-state index contributed by atoms with van der Waals surface area (Å²) in [5, 5.41) is 4.13. The van der Waals surface area contributed by atoms with E-state index < -0.39 is 0 Å². The molecule has 0 spiro atoms. The van der Waals surface area contributed by atoms with Crippen molar-refractivity contribution in [3.8, 4) is 5.75 Å². The number of aryl methyl sites for hydroxylation is 1. The van der Waals surface area contributed by atoms with E-state index in [1.807, 2.05) is 18.4 Å². The second-order valence-corrected chi connectivity index (χ2v) is 4.79. The fraction of sp³-hybridized carbons (Fsp3) is 0.286. The van der Waals surface area contributed by atoms with Crippen LogP contribution in [0.2, 0.25) is 0 Å². The van der Waals surface area contributed by atoms with E-state index >= 15 is 0 Å². The molecule has 0 aliphatic carbocycles. The van der Waals surface area contributed by atoms with Gasteiger partial charge in [-0.2, -0.15) is 11.3 Å². The number of ether oxygens (including phenoxy) is 1. The third-order valence-electron chi connectivity index (χ3n) is 2.70. The van der Waals surface area contributed by atoms with E-state index in [-0.39, 0.29) is 6.04 Å². The fourth-order valence-corrected chi connectivity index (χ4v) is 2.53. The van der Waals surface area contributed by atoms with Crippen LogP contribution in [0, 0.1) is 6.92 Å². The van der Waals surface area contributed by atoms with Gasteiger partial charge in [-0.05, 0) is 42.3 Å². The minimum absolute atomic E-state index is 0.109.